The van der Waals surface area contributed by atoms with Crippen LogP contribution in [0.4, 0.5) is 5.82 Å². The molecule has 0 amide bonds. The van der Waals surface area contributed by atoms with E-state index in [-0.39, 0.29) is 17.7 Å². The van der Waals surface area contributed by atoms with Gasteiger partial charge in [0.1, 0.15) is 11.3 Å². The Labute approximate surface area is 91.5 Å². The van der Waals surface area contributed by atoms with E-state index in [4.69, 9.17) is 13.9 Å². The third kappa shape index (κ3) is 4.05. The number of anilines is 1. The largest absolute Gasteiger partial charge is 0.385 e. The Bertz CT molecular complexity index is 703. The molecule has 6 N–H and O–H groups in total. The molecule has 0 saturated carbocycles. The van der Waals surface area contributed by atoms with E-state index >= 15 is 0 Å². The Morgan fingerprint density at radius 3 is 2.69 bits per heavy atom. The predicted molar refractivity (Wildman–Crippen MR) is 56.5 cm³/mol. The standard InChI is InChI=1S/2C4H5N3O/c2*5-3-1-2-6-4(8)7-3/h2*1-2H,(H3,5,6,7,8)/i1D,2D;. The zero-order valence-corrected chi connectivity index (χ0v) is 8.00. The van der Waals surface area contributed by atoms with Crippen LogP contribution >= 0.6 is 0 Å². The normalized spacial score (nSPS) is 10.8. The van der Waals surface area contributed by atoms with Crippen LogP contribution in [0.25, 0.3) is 0 Å². The van der Waals surface area contributed by atoms with Crippen LogP contribution in [0.3, 0.4) is 0 Å². The first-order valence-electron chi connectivity index (χ1n) is 5.05. The maximum absolute atomic E-state index is 10.4. The average molecular weight is 224 g/mol. The van der Waals surface area contributed by atoms with Crippen LogP contribution in [0.5, 0.6) is 0 Å². The van der Waals surface area contributed by atoms with Crippen molar-refractivity contribution >= 4 is 5.82 Å². The van der Waals surface area contributed by atoms with Gasteiger partial charge in [0.25, 0.3) is 0 Å². The van der Waals surface area contributed by atoms with E-state index in [1.165, 1.54) is 12.3 Å². The molecular formula is C8H10N6O2. The Kier molecular flexibility index (Phi) is 2.86. The van der Waals surface area contributed by atoms with Gasteiger partial charge in [-0.15, -0.1) is 0 Å². The van der Waals surface area contributed by atoms with Crippen LogP contribution in [0.1, 0.15) is 2.74 Å². The smallest absolute Gasteiger partial charge is 0.346 e. The number of nitrogens with zero attached hydrogens (tertiary/aromatic N) is 1. The SMILES string of the molecule is Nc1ccnc(=O)[nH]1.[2H]c1[nH]c(=O)[nH]c(=N)c1[2H]. The summed E-state index contributed by atoms with van der Waals surface area (Å²) in [5.74, 6) is 0.338. The van der Waals surface area contributed by atoms with E-state index < -0.39 is 11.4 Å². The Balaban J connectivity index is 0.000000184. The molecule has 0 radical (unpaired) electrons. The second-order valence-electron chi connectivity index (χ2n) is 2.53. The summed E-state index contributed by atoms with van der Waals surface area (Å²) in [5.41, 5.74) is 3.78. The number of nitrogen functional groups attached to an aromatic ring is 1. The van der Waals surface area contributed by atoms with Crippen LogP contribution in [-0.4, -0.2) is 19.9 Å². The summed E-state index contributed by atoms with van der Waals surface area (Å²) in [6, 6.07) is 1.21. The van der Waals surface area contributed by atoms with Crippen LogP contribution < -0.4 is 22.6 Å². The molecule has 0 aliphatic heterocycles. The Hall–Kier alpha value is -2.64. The summed E-state index contributed by atoms with van der Waals surface area (Å²) >= 11 is 0. The topological polar surface area (TPSA) is 144 Å². The molecule has 0 spiro atoms. The van der Waals surface area contributed by atoms with Crippen molar-refractivity contribution < 1.29 is 2.74 Å². The fourth-order valence-electron chi connectivity index (χ4n) is 0.709. The molecule has 2 aromatic heterocycles. The minimum absolute atomic E-state index is 0.306. The van der Waals surface area contributed by atoms with Crippen LogP contribution in [0.15, 0.2) is 34.1 Å². The van der Waals surface area contributed by atoms with Gasteiger partial charge in [-0.3, -0.25) is 15.4 Å². The second kappa shape index (κ2) is 5.29. The van der Waals surface area contributed by atoms with Crippen molar-refractivity contribution in [2.45, 2.75) is 0 Å². The molecule has 8 nitrogen and oxygen atoms in total. The Morgan fingerprint density at radius 1 is 1.44 bits per heavy atom. The summed E-state index contributed by atoms with van der Waals surface area (Å²) in [7, 11) is 0. The van der Waals surface area contributed by atoms with E-state index in [0.717, 1.165) is 0 Å². The first kappa shape index (κ1) is 8.65. The molecule has 2 aromatic rings. The van der Waals surface area contributed by atoms with E-state index in [1.54, 1.807) is 0 Å². The van der Waals surface area contributed by atoms with Crippen molar-refractivity contribution in [2.75, 3.05) is 5.73 Å². The summed E-state index contributed by atoms with van der Waals surface area (Å²) in [4.78, 5) is 30.4. The number of hydrogen-bond donors (Lipinski definition) is 5. The van der Waals surface area contributed by atoms with Crippen molar-refractivity contribution in [2.24, 2.45) is 0 Å². The fraction of sp³-hybridized carbons (Fsp3) is 0. The number of nitrogens with one attached hydrogen (secondary N) is 4. The second-order valence-corrected chi connectivity index (χ2v) is 2.53. The van der Waals surface area contributed by atoms with Crippen molar-refractivity contribution in [1.82, 2.24) is 19.9 Å². The highest BCUT2D eigenvalue weighted by Gasteiger charge is 1.80. The molecule has 0 aromatic carbocycles. The van der Waals surface area contributed by atoms with E-state index in [1.807, 2.05) is 9.97 Å². The highest BCUT2D eigenvalue weighted by Crippen LogP contribution is 1.82. The van der Waals surface area contributed by atoms with Gasteiger partial charge in [0, 0.05) is 12.4 Å². The third-order valence-corrected chi connectivity index (χ3v) is 1.30. The molecule has 0 fully saturated rings. The van der Waals surface area contributed by atoms with E-state index in [9.17, 15) is 9.59 Å². The fourth-order valence-corrected chi connectivity index (χ4v) is 0.709. The predicted octanol–water partition coefficient (Wildman–Crippen LogP) is -1.47. The third-order valence-electron chi connectivity index (χ3n) is 1.30. The minimum Gasteiger partial charge on any atom is -0.385 e. The van der Waals surface area contributed by atoms with Gasteiger partial charge in [0.2, 0.25) is 0 Å². The van der Waals surface area contributed by atoms with Gasteiger partial charge < -0.3 is 10.7 Å². The van der Waals surface area contributed by atoms with E-state index in [0.29, 0.717) is 5.82 Å². The highest BCUT2D eigenvalue weighted by atomic mass is 16.1. The van der Waals surface area contributed by atoms with E-state index in [2.05, 4.69) is 9.97 Å². The van der Waals surface area contributed by atoms with Crippen LogP contribution in [0, 0.1) is 5.41 Å². The van der Waals surface area contributed by atoms with Gasteiger partial charge in [0.15, 0.2) is 0 Å². The monoisotopic (exact) mass is 224 g/mol. The molecule has 0 aliphatic carbocycles. The van der Waals surface area contributed by atoms with Gasteiger partial charge in [-0.2, -0.15) is 0 Å². The molecule has 84 valence electrons. The summed E-state index contributed by atoms with van der Waals surface area (Å²) < 4.78 is 13.9. The van der Waals surface area contributed by atoms with Gasteiger partial charge in [-0.1, -0.05) is 0 Å². The first-order chi connectivity index (χ1) is 8.40. The van der Waals surface area contributed by atoms with Crippen molar-refractivity contribution in [3.05, 3.63) is 50.9 Å². The highest BCUT2D eigenvalue weighted by molar-refractivity contribution is 5.22. The maximum atomic E-state index is 10.4. The van der Waals surface area contributed by atoms with Crippen molar-refractivity contribution in [3.63, 3.8) is 0 Å². The zero-order valence-electron chi connectivity index (χ0n) is 10.00. The van der Waals surface area contributed by atoms with Crippen molar-refractivity contribution in [1.29, 1.82) is 5.41 Å². The number of nitrogens with two attached hydrogens (primary N) is 1. The lowest BCUT2D eigenvalue weighted by molar-refractivity contribution is 0.979. The molecular weight excluding hydrogens is 212 g/mol. The summed E-state index contributed by atoms with van der Waals surface area (Å²) in [5, 5.41) is 6.92. The molecule has 16 heavy (non-hydrogen) atoms. The molecule has 0 saturated heterocycles. The van der Waals surface area contributed by atoms with Crippen molar-refractivity contribution in [3.8, 4) is 0 Å². The lowest BCUT2D eigenvalue weighted by atomic mass is 10.6. The molecule has 0 aliphatic rings. The molecule has 0 unspecified atom stereocenters. The zero-order chi connectivity index (χ0) is 13.7. The number of rotatable bonds is 0. The minimum atomic E-state index is -0.633. The molecule has 8 heteroatoms. The molecule has 0 atom stereocenters. The summed E-state index contributed by atoms with van der Waals surface area (Å²) in [6.45, 7) is 0. The number of aromatic nitrogens is 4. The van der Waals surface area contributed by atoms with Crippen LogP contribution in [-0.2, 0) is 0 Å². The molecule has 2 rings (SSSR count). The molecule has 2 heterocycles. The molecule has 0 bridgehead atoms. The van der Waals surface area contributed by atoms with Gasteiger partial charge in [-0.05, 0) is 12.1 Å². The first-order valence-corrected chi connectivity index (χ1v) is 4.05. The number of aromatic amines is 3. The number of H-pyrrole nitrogens is 3. The van der Waals surface area contributed by atoms with Gasteiger partial charge in [0.05, 0.1) is 2.74 Å². The van der Waals surface area contributed by atoms with Gasteiger partial charge in [-0.25, -0.2) is 14.6 Å². The van der Waals surface area contributed by atoms with Crippen LogP contribution in [0.2, 0.25) is 0 Å². The summed E-state index contributed by atoms with van der Waals surface area (Å²) in [6.07, 6.45) is 1.02. The maximum Gasteiger partial charge on any atom is 0.346 e. The quantitative estimate of drug-likeness (QED) is 0.372. The number of hydrogen-bond acceptors (Lipinski definition) is 5. The average Bonchev–Trinajstić information content (AvgIpc) is 2.26. The Morgan fingerprint density at radius 2 is 2.19 bits per heavy atom. The lowest BCUT2D eigenvalue weighted by Gasteiger charge is -1.84. The lowest BCUT2D eigenvalue weighted by Crippen LogP contribution is -2.19. The van der Waals surface area contributed by atoms with Gasteiger partial charge >= 0.3 is 11.4 Å².